The Labute approximate surface area is 231 Å². The summed E-state index contributed by atoms with van der Waals surface area (Å²) in [5.74, 6) is -1.43. The average Bonchev–Trinajstić information content (AvgIpc) is 3.28. The summed E-state index contributed by atoms with van der Waals surface area (Å²) in [6, 6.07) is 0. The Hall–Kier alpha value is -1.22. The van der Waals surface area contributed by atoms with Crippen molar-refractivity contribution in [3.8, 4) is 0 Å². The molecule has 8 heteroatoms. The molecule has 2 N–H and O–H groups in total. The summed E-state index contributed by atoms with van der Waals surface area (Å²) >= 11 is 3.18. The van der Waals surface area contributed by atoms with Crippen molar-refractivity contribution in [1.29, 1.82) is 0 Å². The van der Waals surface area contributed by atoms with Crippen LogP contribution in [0.15, 0.2) is 15.3 Å². The fraction of sp³-hybridized carbons (Fsp3) is 0.759. The van der Waals surface area contributed by atoms with E-state index in [0.29, 0.717) is 6.42 Å². The number of ketones is 1. The minimum atomic E-state index is -1.21. The third-order valence-electron chi connectivity index (χ3n) is 8.00. The van der Waals surface area contributed by atoms with E-state index in [0.717, 1.165) is 47.7 Å². The quantitative estimate of drug-likeness (QED) is 0.324. The van der Waals surface area contributed by atoms with Gasteiger partial charge in [-0.15, -0.1) is 11.3 Å². The lowest BCUT2D eigenvalue weighted by molar-refractivity contribution is -0.154. The smallest absolute Gasteiger partial charge is 0.309 e. The monoisotopic (exact) mass is 553 g/mol. The molecule has 0 spiro atoms. The first-order valence-electron chi connectivity index (χ1n) is 13.5. The van der Waals surface area contributed by atoms with Gasteiger partial charge in [0.2, 0.25) is 0 Å². The molecule has 1 aromatic rings. The molecule has 1 aromatic heterocycles. The van der Waals surface area contributed by atoms with E-state index in [1.165, 1.54) is 0 Å². The molecular weight excluding hydrogens is 506 g/mol. The molecule has 6 nitrogen and oxygen atoms in total. The van der Waals surface area contributed by atoms with Gasteiger partial charge in [0.05, 0.1) is 29.7 Å². The topological polar surface area (TPSA) is 96.7 Å². The van der Waals surface area contributed by atoms with Crippen LogP contribution in [-0.4, -0.2) is 51.5 Å². The predicted octanol–water partition coefficient (Wildman–Crippen LogP) is 6.54. The van der Waals surface area contributed by atoms with Crippen molar-refractivity contribution in [1.82, 2.24) is 4.98 Å². The number of Topliss-reactive ketones (excluding diaryl/α,β-unsaturated/α-hetero) is 1. The number of thioether (sulfide) groups is 1. The van der Waals surface area contributed by atoms with Crippen LogP contribution in [0.25, 0.3) is 6.08 Å². The first kappa shape index (κ1) is 32.0. The molecular formula is C29H47NO5S2. The number of aromatic nitrogens is 1. The van der Waals surface area contributed by atoms with Gasteiger partial charge in [0.1, 0.15) is 16.2 Å². The molecule has 5 atom stereocenters. The van der Waals surface area contributed by atoms with Gasteiger partial charge in [-0.05, 0) is 68.3 Å². The van der Waals surface area contributed by atoms with Crippen molar-refractivity contribution in [2.24, 2.45) is 22.7 Å². The molecule has 0 amide bonds. The van der Waals surface area contributed by atoms with Crippen molar-refractivity contribution in [3.05, 3.63) is 16.6 Å². The summed E-state index contributed by atoms with van der Waals surface area (Å²) in [6.45, 7) is 13.5. The summed E-state index contributed by atoms with van der Waals surface area (Å²) in [4.78, 5) is 30.9. The van der Waals surface area contributed by atoms with Gasteiger partial charge in [-0.2, -0.15) is 0 Å². The maximum Gasteiger partial charge on any atom is 0.309 e. The summed E-state index contributed by atoms with van der Waals surface area (Å²) in [7, 11) is 0. The molecule has 0 aliphatic carbocycles. The zero-order valence-electron chi connectivity index (χ0n) is 23.9. The highest BCUT2D eigenvalue weighted by atomic mass is 32.2. The number of ether oxygens (including phenoxy) is 1. The number of cyclic esters (lactones) is 1. The highest BCUT2D eigenvalue weighted by molar-refractivity contribution is 8.00. The Morgan fingerprint density at radius 3 is 2.35 bits per heavy atom. The Morgan fingerprint density at radius 2 is 1.76 bits per heavy atom. The second-order valence-corrected chi connectivity index (χ2v) is 14.0. The molecule has 0 radical (unpaired) electrons. The molecule has 1 fully saturated rings. The highest BCUT2D eigenvalue weighted by Crippen LogP contribution is 2.35. The van der Waals surface area contributed by atoms with E-state index in [2.05, 4.69) is 18.8 Å². The third kappa shape index (κ3) is 9.19. The summed E-state index contributed by atoms with van der Waals surface area (Å²) in [6.07, 6.45) is 6.65. The number of aliphatic hydroxyl groups excluding tert-OH is 2. The lowest BCUT2D eigenvalue weighted by atomic mass is 9.72. The standard InChI is InChI=1S/C29H47NO5S2/c1-18-11-9-13-28(4,5)14-10-12-22(19(2)15-21-17-37-27(30-21)36-8)35-24(32)16-23(31)29(6,7)26(34)20(3)25(18)33/h15,17-18,20,22-23,25,31,33H,9-14,16H2,1-8H3/b19-15+/t18-,20+,22-,23-,25-/m0/s1. The number of thiazole rings is 1. The number of hydrogen-bond acceptors (Lipinski definition) is 8. The molecule has 0 saturated carbocycles. The maximum absolute atomic E-state index is 13.3. The predicted molar refractivity (Wildman–Crippen MR) is 153 cm³/mol. The van der Waals surface area contributed by atoms with Crippen LogP contribution in [-0.2, 0) is 14.3 Å². The average molecular weight is 554 g/mol. The van der Waals surface area contributed by atoms with E-state index in [1.54, 1.807) is 43.9 Å². The zero-order valence-corrected chi connectivity index (χ0v) is 25.5. The van der Waals surface area contributed by atoms with Crippen molar-refractivity contribution >= 4 is 40.9 Å². The van der Waals surface area contributed by atoms with Gasteiger partial charge in [0, 0.05) is 11.3 Å². The summed E-state index contributed by atoms with van der Waals surface area (Å²) < 4.78 is 6.90. The van der Waals surface area contributed by atoms with E-state index in [1.807, 2.05) is 31.6 Å². The number of carbonyl (C=O) groups excluding carboxylic acids is 2. The minimum absolute atomic E-state index is 0.0298. The van der Waals surface area contributed by atoms with Gasteiger partial charge < -0.3 is 14.9 Å². The van der Waals surface area contributed by atoms with Crippen LogP contribution in [0.5, 0.6) is 0 Å². The lowest BCUT2D eigenvalue weighted by Crippen LogP contribution is -2.45. The number of nitrogens with zero attached hydrogens (tertiary/aromatic N) is 1. The number of hydrogen-bond donors (Lipinski definition) is 2. The zero-order chi connectivity index (χ0) is 28.0. The Morgan fingerprint density at radius 1 is 1.14 bits per heavy atom. The van der Waals surface area contributed by atoms with Crippen molar-refractivity contribution in [3.63, 3.8) is 0 Å². The highest BCUT2D eigenvalue weighted by Gasteiger charge is 2.42. The number of carbonyl (C=O) groups is 2. The van der Waals surface area contributed by atoms with Gasteiger partial charge >= 0.3 is 5.97 Å². The van der Waals surface area contributed by atoms with Crippen molar-refractivity contribution in [2.45, 2.75) is 116 Å². The fourth-order valence-electron chi connectivity index (χ4n) is 5.12. The van der Waals surface area contributed by atoms with Crippen LogP contribution < -0.4 is 0 Å². The molecule has 1 aliphatic rings. The summed E-state index contributed by atoms with van der Waals surface area (Å²) in [5.41, 5.74) is 0.689. The molecule has 0 aromatic carbocycles. The van der Waals surface area contributed by atoms with E-state index in [4.69, 9.17) is 4.74 Å². The van der Waals surface area contributed by atoms with Gasteiger partial charge in [0.15, 0.2) is 0 Å². The molecule has 0 unspecified atom stereocenters. The van der Waals surface area contributed by atoms with E-state index in [9.17, 15) is 19.8 Å². The third-order valence-corrected chi connectivity index (χ3v) is 9.88. The van der Waals surface area contributed by atoms with Gasteiger partial charge in [-0.1, -0.05) is 59.7 Å². The van der Waals surface area contributed by atoms with Gasteiger partial charge in [-0.3, -0.25) is 9.59 Å². The second-order valence-electron chi connectivity index (χ2n) is 12.1. The van der Waals surface area contributed by atoms with Crippen LogP contribution in [0.3, 0.4) is 0 Å². The van der Waals surface area contributed by atoms with E-state index < -0.39 is 35.6 Å². The van der Waals surface area contributed by atoms with Crippen LogP contribution in [0, 0.1) is 22.7 Å². The Kier molecular flexibility index (Phi) is 11.9. The van der Waals surface area contributed by atoms with Gasteiger partial charge in [-0.25, -0.2) is 4.98 Å². The lowest BCUT2D eigenvalue weighted by Gasteiger charge is -2.34. The van der Waals surface area contributed by atoms with Crippen LogP contribution in [0.2, 0.25) is 0 Å². The van der Waals surface area contributed by atoms with E-state index >= 15 is 0 Å². The normalized spacial score (nSPS) is 31.0. The molecule has 1 aliphatic heterocycles. The molecule has 2 heterocycles. The van der Waals surface area contributed by atoms with Gasteiger partial charge in [0.25, 0.3) is 0 Å². The van der Waals surface area contributed by atoms with Crippen molar-refractivity contribution in [2.75, 3.05) is 6.26 Å². The molecule has 1 saturated heterocycles. The first-order valence-corrected chi connectivity index (χ1v) is 15.6. The molecule has 37 heavy (non-hydrogen) atoms. The number of aliphatic hydroxyl groups is 2. The Bertz CT molecular complexity index is 938. The summed E-state index contributed by atoms with van der Waals surface area (Å²) in [5, 5.41) is 23.8. The van der Waals surface area contributed by atoms with Crippen LogP contribution in [0.4, 0.5) is 0 Å². The number of esters is 1. The Balaban J connectivity index is 2.31. The molecule has 0 bridgehead atoms. The molecule has 210 valence electrons. The number of rotatable bonds is 3. The van der Waals surface area contributed by atoms with Crippen LogP contribution in [0.1, 0.15) is 99.1 Å². The first-order chi connectivity index (χ1) is 17.2. The largest absolute Gasteiger partial charge is 0.458 e. The molecule has 2 rings (SSSR count). The SMILES string of the molecule is CSc1nc(/C=C(\C)[C@@H]2CCCC(C)(C)CCC[C@H](C)[C@H](O)[C@@H](C)C(=O)C(C)(C)[C@@H](O)CC(=O)O2)cs1. The second kappa shape index (κ2) is 13.7. The van der Waals surface area contributed by atoms with E-state index in [-0.39, 0.29) is 23.5 Å². The fourth-order valence-corrected chi connectivity index (χ4v) is 6.34. The van der Waals surface area contributed by atoms with Crippen LogP contribution >= 0.6 is 23.1 Å². The van der Waals surface area contributed by atoms with Crippen molar-refractivity contribution < 1.29 is 24.5 Å². The maximum atomic E-state index is 13.3. The minimum Gasteiger partial charge on any atom is -0.458 e.